The van der Waals surface area contributed by atoms with Gasteiger partial charge >= 0.3 is 5.97 Å². The smallest absolute Gasteiger partial charge is 0.341 e. The Morgan fingerprint density at radius 3 is 2.94 bits per heavy atom. The summed E-state index contributed by atoms with van der Waals surface area (Å²) < 4.78 is 5.51. The number of pyridine rings is 1. The van der Waals surface area contributed by atoms with Gasteiger partial charge in [0.1, 0.15) is 11.3 Å². The zero-order valence-electron chi connectivity index (χ0n) is 10.4. The molecule has 0 radical (unpaired) electrons. The van der Waals surface area contributed by atoms with Crippen molar-refractivity contribution < 1.29 is 9.53 Å². The normalized spacial score (nSPS) is 23.7. The summed E-state index contributed by atoms with van der Waals surface area (Å²) in [6, 6.07) is 1.51. The van der Waals surface area contributed by atoms with Crippen LogP contribution in [0.1, 0.15) is 43.0 Å². The first-order chi connectivity index (χ1) is 8.58. The molecule has 0 aliphatic heterocycles. The van der Waals surface area contributed by atoms with Crippen molar-refractivity contribution in [3.63, 3.8) is 0 Å². The van der Waals surface area contributed by atoms with E-state index in [1.807, 2.05) is 0 Å². The highest BCUT2D eigenvalue weighted by Gasteiger charge is 2.26. The van der Waals surface area contributed by atoms with Crippen LogP contribution in [0.25, 0.3) is 0 Å². The van der Waals surface area contributed by atoms with Gasteiger partial charge in [0.25, 0.3) is 0 Å². The molecule has 2 atom stereocenters. The monoisotopic (exact) mass is 268 g/mol. The quantitative estimate of drug-likeness (QED) is 0.661. The van der Waals surface area contributed by atoms with E-state index in [9.17, 15) is 4.79 Å². The molecule has 2 N–H and O–H groups in total. The van der Waals surface area contributed by atoms with Crippen LogP contribution in [0.2, 0.25) is 5.15 Å². The predicted molar refractivity (Wildman–Crippen MR) is 70.5 cm³/mol. The van der Waals surface area contributed by atoms with Gasteiger partial charge in [-0.05, 0) is 31.2 Å². The van der Waals surface area contributed by atoms with E-state index >= 15 is 0 Å². The number of anilines is 1. The highest BCUT2D eigenvalue weighted by molar-refractivity contribution is 6.32. The van der Waals surface area contributed by atoms with E-state index in [1.54, 1.807) is 0 Å². The van der Waals surface area contributed by atoms with Crippen molar-refractivity contribution in [1.82, 2.24) is 4.98 Å². The fraction of sp³-hybridized carbons (Fsp3) is 0.538. The highest BCUT2D eigenvalue weighted by Crippen LogP contribution is 2.28. The maximum atomic E-state index is 12.0. The summed E-state index contributed by atoms with van der Waals surface area (Å²) >= 11 is 5.88. The van der Waals surface area contributed by atoms with Crippen molar-refractivity contribution in [3.05, 3.63) is 23.0 Å². The van der Waals surface area contributed by atoms with Crippen molar-refractivity contribution in [2.45, 2.75) is 38.7 Å². The largest absolute Gasteiger partial charge is 0.458 e. The van der Waals surface area contributed by atoms with Crippen LogP contribution >= 0.6 is 11.6 Å². The average Bonchev–Trinajstić information content (AvgIpc) is 2.35. The third-order valence-electron chi connectivity index (χ3n) is 3.37. The molecular formula is C13H17ClN2O2. The number of nitrogens with two attached hydrogens (primary N) is 1. The van der Waals surface area contributed by atoms with Crippen LogP contribution < -0.4 is 5.73 Å². The molecule has 1 aliphatic carbocycles. The molecule has 2 rings (SSSR count). The number of hydrogen-bond acceptors (Lipinski definition) is 4. The van der Waals surface area contributed by atoms with Crippen molar-refractivity contribution in [2.24, 2.45) is 5.92 Å². The summed E-state index contributed by atoms with van der Waals surface area (Å²) in [6.07, 6.45) is 5.72. The van der Waals surface area contributed by atoms with Crippen molar-refractivity contribution in [3.8, 4) is 0 Å². The lowest BCUT2D eigenvalue weighted by molar-refractivity contribution is 0.00480. The summed E-state index contributed by atoms with van der Waals surface area (Å²) in [6.45, 7) is 2.11. The Hall–Kier alpha value is -1.29. The van der Waals surface area contributed by atoms with Crippen LogP contribution in [-0.2, 0) is 4.74 Å². The maximum absolute atomic E-state index is 12.0. The van der Waals surface area contributed by atoms with E-state index in [2.05, 4.69) is 11.9 Å². The molecule has 18 heavy (non-hydrogen) atoms. The molecule has 0 bridgehead atoms. The number of nitrogen functional groups attached to an aromatic ring is 1. The first-order valence-electron chi connectivity index (χ1n) is 6.20. The van der Waals surface area contributed by atoms with Crippen LogP contribution in [0, 0.1) is 5.92 Å². The Kier molecular flexibility index (Phi) is 4.07. The van der Waals surface area contributed by atoms with E-state index < -0.39 is 5.97 Å². The lowest BCUT2D eigenvalue weighted by Crippen LogP contribution is -2.28. The fourth-order valence-electron chi connectivity index (χ4n) is 2.27. The molecule has 1 fully saturated rings. The van der Waals surface area contributed by atoms with Gasteiger partial charge in [-0.2, -0.15) is 0 Å². The molecular weight excluding hydrogens is 252 g/mol. The SMILES string of the molecule is CC1CCCCC1OC(=O)c1cc(N)cnc1Cl. The van der Waals surface area contributed by atoms with Crippen molar-refractivity contribution in [2.75, 3.05) is 5.73 Å². The number of halogens is 1. The number of esters is 1. The second-order valence-electron chi connectivity index (χ2n) is 4.81. The number of carbonyl (C=O) groups excluding carboxylic acids is 1. The van der Waals surface area contributed by atoms with Gasteiger partial charge < -0.3 is 10.5 Å². The van der Waals surface area contributed by atoms with Crippen molar-refractivity contribution >= 4 is 23.3 Å². The average molecular weight is 269 g/mol. The van der Waals surface area contributed by atoms with Gasteiger partial charge in [-0.25, -0.2) is 9.78 Å². The second kappa shape index (κ2) is 5.57. The molecule has 0 saturated heterocycles. The van der Waals surface area contributed by atoms with E-state index in [0.717, 1.165) is 19.3 Å². The van der Waals surface area contributed by atoms with E-state index in [4.69, 9.17) is 22.1 Å². The lowest BCUT2D eigenvalue weighted by atomic mass is 9.88. The summed E-state index contributed by atoms with van der Waals surface area (Å²) in [5.74, 6) is -0.0333. The number of ether oxygens (including phenoxy) is 1. The first-order valence-corrected chi connectivity index (χ1v) is 6.57. The second-order valence-corrected chi connectivity index (χ2v) is 5.17. The van der Waals surface area contributed by atoms with E-state index in [1.165, 1.54) is 18.7 Å². The Bertz CT molecular complexity index is 451. The van der Waals surface area contributed by atoms with Crippen molar-refractivity contribution in [1.29, 1.82) is 0 Å². The third-order valence-corrected chi connectivity index (χ3v) is 3.67. The zero-order valence-corrected chi connectivity index (χ0v) is 11.1. The number of carbonyl (C=O) groups is 1. The topological polar surface area (TPSA) is 65.2 Å². The Morgan fingerprint density at radius 2 is 2.22 bits per heavy atom. The molecule has 1 saturated carbocycles. The Morgan fingerprint density at radius 1 is 1.50 bits per heavy atom. The third kappa shape index (κ3) is 2.93. The number of hydrogen-bond donors (Lipinski definition) is 1. The van der Waals surface area contributed by atoms with Crippen LogP contribution in [0.3, 0.4) is 0 Å². The van der Waals surface area contributed by atoms with Crippen LogP contribution in [0.4, 0.5) is 5.69 Å². The molecule has 0 amide bonds. The number of rotatable bonds is 2. The minimum Gasteiger partial charge on any atom is -0.458 e. The minimum atomic E-state index is -0.432. The number of aromatic nitrogens is 1. The molecule has 1 aromatic heterocycles. The van der Waals surface area contributed by atoms with Gasteiger partial charge in [0.15, 0.2) is 0 Å². The lowest BCUT2D eigenvalue weighted by Gasteiger charge is -2.28. The zero-order chi connectivity index (χ0) is 13.1. The van der Waals surface area contributed by atoms with Gasteiger partial charge in [-0.1, -0.05) is 24.9 Å². The van der Waals surface area contributed by atoms with Gasteiger partial charge in [0, 0.05) is 0 Å². The standard InChI is InChI=1S/C13H17ClN2O2/c1-8-4-2-3-5-11(8)18-13(17)10-6-9(15)7-16-12(10)14/h6-8,11H,2-5,15H2,1H3. The molecule has 4 nitrogen and oxygen atoms in total. The molecule has 5 heteroatoms. The summed E-state index contributed by atoms with van der Waals surface area (Å²) in [7, 11) is 0. The van der Waals surface area contributed by atoms with Crippen LogP contribution in [-0.4, -0.2) is 17.1 Å². The fourth-order valence-corrected chi connectivity index (χ4v) is 2.45. The van der Waals surface area contributed by atoms with Crippen LogP contribution in [0.5, 0.6) is 0 Å². The number of nitrogens with zero attached hydrogens (tertiary/aromatic N) is 1. The Labute approximate surface area is 111 Å². The molecule has 1 heterocycles. The first kappa shape index (κ1) is 13.1. The summed E-state index contributed by atoms with van der Waals surface area (Å²) in [5, 5.41) is 0.137. The van der Waals surface area contributed by atoms with Gasteiger partial charge in [0.2, 0.25) is 0 Å². The Balaban J connectivity index is 2.09. The van der Waals surface area contributed by atoms with Gasteiger partial charge in [-0.15, -0.1) is 0 Å². The van der Waals surface area contributed by atoms with Crippen LogP contribution in [0.15, 0.2) is 12.3 Å². The molecule has 0 spiro atoms. The van der Waals surface area contributed by atoms with E-state index in [0.29, 0.717) is 11.6 Å². The molecule has 1 aliphatic rings. The van der Waals surface area contributed by atoms with E-state index in [-0.39, 0.29) is 16.8 Å². The predicted octanol–water partition coefficient (Wildman–Crippen LogP) is 3.05. The highest BCUT2D eigenvalue weighted by atomic mass is 35.5. The van der Waals surface area contributed by atoms with Gasteiger partial charge in [0.05, 0.1) is 17.4 Å². The molecule has 98 valence electrons. The minimum absolute atomic E-state index is 0.0243. The summed E-state index contributed by atoms with van der Waals surface area (Å²) in [5.41, 5.74) is 6.25. The molecule has 2 unspecified atom stereocenters. The maximum Gasteiger partial charge on any atom is 0.341 e. The van der Waals surface area contributed by atoms with Gasteiger partial charge in [-0.3, -0.25) is 0 Å². The molecule has 0 aromatic carbocycles. The molecule has 1 aromatic rings. The summed E-state index contributed by atoms with van der Waals surface area (Å²) in [4.78, 5) is 15.9.